The predicted molar refractivity (Wildman–Crippen MR) is 73.7 cm³/mol. The quantitative estimate of drug-likeness (QED) is 0.810. The number of aromatic nitrogens is 1. The molecule has 0 saturated heterocycles. The molecule has 0 bridgehead atoms. The van der Waals surface area contributed by atoms with Crippen molar-refractivity contribution in [3.8, 4) is 5.75 Å². The Hall–Kier alpha value is -2.23. The number of ether oxygens (including phenoxy) is 1. The first-order chi connectivity index (χ1) is 8.70. The Balaban J connectivity index is 2.07. The smallest absolute Gasteiger partial charge is 0.141 e. The van der Waals surface area contributed by atoms with Crippen molar-refractivity contribution in [2.24, 2.45) is 0 Å². The van der Waals surface area contributed by atoms with Crippen LogP contribution in [0.4, 0.5) is 11.5 Å². The molecule has 3 N–H and O–H groups in total. The Morgan fingerprint density at radius 3 is 2.83 bits per heavy atom. The molecule has 0 aliphatic rings. The summed E-state index contributed by atoms with van der Waals surface area (Å²) in [5, 5.41) is 3.29. The Morgan fingerprint density at radius 1 is 1.33 bits per heavy atom. The summed E-state index contributed by atoms with van der Waals surface area (Å²) in [6, 6.07) is 9.71. The second-order valence-electron chi connectivity index (χ2n) is 4.10. The minimum Gasteiger partial charge on any atom is -0.495 e. The molecule has 0 unspecified atom stereocenters. The maximum absolute atomic E-state index is 5.86. The Kier molecular flexibility index (Phi) is 3.67. The van der Waals surface area contributed by atoms with Gasteiger partial charge in [-0.1, -0.05) is 12.1 Å². The molecule has 18 heavy (non-hydrogen) atoms. The molecule has 4 nitrogen and oxygen atoms in total. The van der Waals surface area contributed by atoms with Crippen LogP contribution in [0.3, 0.4) is 0 Å². The van der Waals surface area contributed by atoms with Gasteiger partial charge in [-0.3, -0.25) is 0 Å². The number of rotatable bonds is 4. The lowest BCUT2D eigenvalue weighted by atomic mass is 10.2. The van der Waals surface area contributed by atoms with Crippen LogP contribution in [0.25, 0.3) is 0 Å². The van der Waals surface area contributed by atoms with Gasteiger partial charge < -0.3 is 15.8 Å². The number of nitrogen functional groups attached to an aromatic ring is 1. The summed E-state index contributed by atoms with van der Waals surface area (Å²) < 4.78 is 5.12. The normalized spacial score (nSPS) is 10.1. The number of benzene rings is 1. The molecule has 0 aliphatic heterocycles. The van der Waals surface area contributed by atoms with E-state index >= 15 is 0 Å². The summed E-state index contributed by atoms with van der Waals surface area (Å²) in [6.45, 7) is 2.71. The molecule has 2 aromatic rings. The van der Waals surface area contributed by atoms with Crippen LogP contribution in [0.15, 0.2) is 36.5 Å². The molecule has 0 radical (unpaired) electrons. The predicted octanol–water partition coefficient (Wildman–Crippen LogP) is 2.59. The van der Waals surface area contributed by atoms with Crippen LogP contribution in [0, 0.1) is 6.92 Å². The van der Waals surface area contributed by atoms with Gasteiger partial charge in [0.05, 0.1) is 12.8 Å². The van der Waals surface area contributed by atoms with Crippen LogP contribution < -0.4 is 15.8 Å². The van der Waals surface area contributed by atoms with Crippen LogP contribution in [-0.2, 0) is 6.54 Å². The SMILES string of the molecule is COc1ccc(CNc2ncccc2C)cc1N. The van der Waals surface area contributed by atoms with Gasteiger partial charge in [0.25, 0.3) is 0 Å². The minimum atomic E-state index is 0.648. The first-order valence-electron chi connectivity index (χ1n) is 5.78. The second kappa shape index (κ2) is 5.40. The second-order valence-corrected chi connectivity index (χ2v) is 4.10. The minimum absolute atomic E-state index is 0.648. The highest BCUT2D eigenvalue weighted by molar-refractivity contribution is 5.55. The summed E-state index contributed by atoms with van der Waals surface area (Å²) in [5.74, 6) is 1.60. The molecule has 0 fully saturated rings. The summed E-state index contributed by atoms with van der Waals surface area (Å²) >= 11 is 0. The van der Waals surface area contributed by atoms with Gasteiger partial charge in [-0.2, -0.15) is 0 Å². The third-order valence-corrected chi connectivity index (χ3v) is 2.76. The van der Waals surface area contributed by atoms with Gasteiger partial charge in [0.15, 0.2) is 0 Å². The molecular formula is C14H17N3O. The third-order valence-electron chi connectivity index (χ3n) is 2.76. The lowest BCUT2D eigenvalue weighted by Gasteiger charge is -2.10. The lowest BCUT2D eigenvalue weighted by Crippen LogP contribution is -2.03. The standard InChI is InChI=1S/C14H17N3O/c1-10-4-3-7-16-14(10)17-9-11-5-6-13(18-2)12(15)8-11/h3-8H,9,15H2,1-2H3,(H,16,17). The van der Waals surface area contributed by atoms with Crippen molar-refractivity contribution < 1.29 is 4.74 Å². The Morgan fingerprint density at radius 2 is 2.17 bits per heavy atom. The van der Waals surface area contributed by atoms with Crippen molar-refractivity contribution in [2.45, 2.75) is 13.5 Å². The molecule has 0 saturated carbocycles. The van der Waals surface area contributed by atoms with Gasteiger partial charge in [-0.05, 0) is 36.2 Å². The number of pyridine rings is 1. The van der Waals surface area contributed by atoms with Gasteiger partial charge >= 0.3 is 0 Å². The van der Waals surface area contributed by atoms with E-state index in [4.69, 9.17) is 10.5 Å². The summed E-state index contributed by atoms with van der Waals surface area (Å²) in [4.78, 5) is 4.28. The fourth-order valence-electron chi connectivity index (χ4n) is 1.75. The number of nitrogens with zero attached hydrogens (tertiary/aromatic N) is 1. The largest absolute Gasteiger partial charge is 0.495 e. The van der Waals surface area contributed by atoms with E-state index in [1.54, 1.807) is 13.3 Å². The van der Waals surface area contributed by atoms with Crippen LogP contribution >= 0.6 is 0 Å². The highest BCUT2D eigenvalue weighted by Gasteiger charge is 2.02. The molecule has 0 spiro atoms. The molecule has 94 valence electrons. The van der Waals surface area contributed by atoms with E-state index in [0.29, 0.717) is 18.0 Å². The van der Waals surface area contributed by atoms with Gasteiger partial charge in [0.2, 0.25) is 0 Å². The molecule has 4 heteroatoms. The Labute approximate surface area is 107 Å². The topological polar surface area (TPSA) is 60.2 Å². The van der Waals surface area contributed by atoms with Crippen molar-refractivity contribution in [1.82, 2.24) is 4.98 Å². The van der Waals surface area contributed by atoms with E-state index in [-0.39, 0.29) is 0 Å². The number of nitrogens with one attached hydrogen (secondary N) is 1. The highest BCUT2D eigenvalue weighted by atomic mass is 16.5. The first kappa shape index (κ1) is 12.2. The molecule has 0 amide bonds. The van der Waals surface area contributed by atoms with E-state index in [1.807, 2.05) is 37.3 Å². The van der Waals surface area contributed by atoms with Gasteiger partial charge in [-0.25, -0.2) is 4.98 Å². The number of anilines is 2. The molecule has 0 atom stereocenters. The third kappa shape index (κ3) is 2.71. The maximum atomic E-state index is 5.86. The summed E-state index contributed by atoms with van der Waals surface area (Å²) in [7, 11) is 1.61. The van der Waals surface area contributed by atoms with E-state index in [0.717, 1.165) is 16.9 Å². The van der Waals surface area contributed by atoms with Crippen molar-refractivity contribution in [3.63, 3.8) is 0 Å². The molecule has 1 aromatic carbocycles. The van der Waals surface area contributed by atoms with Gasteiger partial charge in [-0.15, -0.1) is 0 Å². The molecule has 1 heterocycles. The van der Waals surface area contributed by atoms with E-state index in [2.05, 4.69) is 10.3 Å². The van der Waals surface area contributed by atoms with Crippen LogP contribution in [0.1, 0.15) is 11.1 Å². The molecular weight excluding hydrogens is 226 g/mol. The number of hydrogen-bond acceptors (Lipinski definition) is 4. The molecule has 2 rings (SSSR count). The summed E-state index contributed by atoms with van der Waals surface area (Å²) in [6.07, 6.45) is 1.78. The average Bonchev–Trinajstić information content (AvgIpc) is 2.38. The van der Waals surface area contributed by atoms with Gasteiger partial charge in [0.1, 0.15) is 11.6 Å². The highest BCUT2D eigenvalue weighted by Crippen LogP contribution is 2.22. The number of methoxy groups -OCH3 is 1. The monoisotopic (exact) mass is 243 g/mol. The average molecular weight is 243 g/mol. The first-order valence-corrected chi connectivity index (χ1v) is 5.78. The summed E-state index contributed by atoms with van der Waals surface area (Å²) in [5.41, 5.74) is 8.73. The van der Waals surface area contributed by atoms with E-state index < -0.39 is 0 Å². The maximum Gasteiger partial charge on any atom is 0.141 e. The molecule has 1 aromatic heterocycles. The fourth-order valence-corrected chi connectivity index (χ4v) is 1.75. The van der Waals surface area contributed by atoms with E-state index in [9.17, 15) is 0 Å². The fraction of sp³-hybridized carbons (Fsp3) is 0.214. The molecule has 0 aliphatic carbocycles. The van der Waals surface area contributed by atoms with Crippen molar-refractivity contribution >= 4 is 11.5 Å². The van der Waals surface area contributed by atoms with Crippen molar-refractivity contribution in [2.75, 3.05) is 18.2 Å². The number of hydrogen-bond donors (Lipinski definition) is 2. The van der Waals surface area contributed by atoms with Crippen molar-refractivity contribution in [3.05, 3.63) is 47.7 Å². The lowest BCUT2D eigenvalue weighted by molar-refractivity contribution is 0.417. The van der Waals surface area contributed by atoms with Crippen LogP contribution in [0.2, 0.25) is 0 Å². The van der Waals surface area contributed by atoms with Crippen LogP contribution in [0.5, 0.6) is 5.75 Å². The van der Waals surface area contributed by atoms with Crippen LogP contribution in [-0.4, -0.2) is 12.1 Å². The van der Waals surface area contributed by atoms with E-state index in [1.165, 1.54) is 0 Å². The van der Waals surface area contributed by atoms with Gasteiger partial charge in [0, 0.05) is 12.7 Å². The zero-order valence-electron chi connectivity index (χ0n) is 10.6. The van der Waals surface area contributed by atoms with Crippen molar-refractivity contribution in [1.29, 1.82) is 0 Å². The zero-order chi connectivity index (χ0) is 13.0. The zero-order valence-corrected chi connectivity index (χ0v) is 10.6. The number of aryl methyl sites for hydroxylation is 1. The Bertz CT molecular complexity index is 540. The number of nitrogens with two attached hydrogens (primary N) is 1.